The first-order valence-electron chi connectivity index (χ1n) is 21.9. The number of rotatable bonds is 39. The number of likely N-dealkylation sites (N-methyl/N-ethyl adjacent to an activating group) is 1. The monoisotopic (exact) mass is 824 g/mol. The van der Waals surface area contributed by atoms with Gasteiger partial charge >= 0.3 is 5.97 Å². The zero-order valence-electron chi connectivity index (χ0n) is 36.5. The molecule has 57 heavy (non-hydrogen) atoms. The third-order valence-corrected chi connectivity index (χ3v) is 10.00. The number of hydrogen-bond acceptors (Lipinski definition) is 9. The minimum atomic E-state index is -4.59. The third kappa shape index (κ3) is 40.3. The second-order valence-corrected chi connectivity index (χ2v) is 17.1. The molecule has 4 atom stereocenters. The largest absolute Gasteiger partial charge is 0.756 e. The van der Waals surface area contributed by atoms with Gasteiger partial charge in [-0.25, -0.2) is 0 Å². The number of esters is 1. The van der Waals surface area contributed by atoms with Crippen LogP contribution in [0.15, 0.2) is 73.1 Å². The molecule has 0 aliphatic carbocycles. The Morgan fingerprint density at radius 2 is 1.21 bits per heavy atom. The summed E-state index contributed by atoms with van der Waals surface area (Å²) in [7, 11) is 1.19. The van der Waals surface area contributed by atoms with Crippen LogP contribution in [0.2, 0.25) is 0 Å². The number of hydrogen-bond donors (Lipinski definition) is 2. The van der Waals surface area contributed by atoms with Crippen LogP contribution in [0.3, 0.4) is 0 Å². The third-order valence-electron chi connectivity index (χ3n) is 9.03. The van der Waals surface area contributed by atoms with Crippen molar-refractivity contribution in [2.75, 3.05) is 47.5 Å². The maximum atomic E-state index is 12.5. The molecule has 0 aliphatic rings. The van der Waals surface area contributed by atoms with Gasteiger partial charge in [-0.05, 0) is 89.5 Å². The van der Waals surface area contributed by atoms with Crippen LogP contribution in [0.4, 0.5) is 0 Å². The molecule has 0 aromatic heterocycles. The van der Waals surface area contributed by atoms with Crippen molar-refractivity contribution in [2.24, 2.45) is 0 Å². The number of carbonyl (C=O) groups is 1. The zero-order valence-corrected chi connectivity index (χ0v) is 37.4. The fourth-order valence-electron chi connectivity index (χ4n) is 5.43. The topological polar surface area (TPSA) is 135 Å². The number of phosphoric acid groups is 1. The highest BCUT2D eigenvalue weighted by atomic mass is 31.2. The first-order chi connectivity index (χ1) is 27.4. The normalized spacial score (nSPS) is 15.5. The van der Waals surface area contributed by atoms with Gasteiger partial charge in [0.2, 0.25) is 0 Å². The molecular weight excluding hydrogens is 741 g/mol. The molecule has 0 rings (SSSR count). The quantitative estimate of drug-likeness (QED) is 0.0155. The van der Waals surface area contributed by atoms with E-state index in [9.17, 15) is 24.5 Å². The van der Waals surface area contributed by atoms with E-state index in [1.807, 2.05) is 39.4 Å². The summed E-state index contributed by atoms with van der Waals surface area (Å²) in [6.07, 6.45) is 41.9. The van der Waals surface area contributed by atoms with Crippen LogP contribution >= 0.6 is 7.82 Å². The number of ether oxygens (including phenoxy) is 2. The standard InChI is InChI=1S/C46H82NO9P/c1-6-8-10-12-14-16-18-20-21-22-23-25-27-29-31-33-39-53-43(42-56-57(51,52)55-40-38-47(3,4)5)41-54-46(50)37-34-36-45(49)44(48)35-32-30-28-26-24-19-17-15-13-11-9-7-2/h9,11,15,17,20-21,24,26,30,32-33,39,43-45,48-49H,6-8,10,12-14,16,18-19,22-23,25,27-29,31,34-38,40-42H2,1-5H3/b11-9-,17-15-,21-20-,26-24-,32-30-,39-33+/t43-,44+,45+/m1/s1. The molecule has 0 aliphatic heterocycles. The summed E-state index contributed by atoms with van der Waals surface area (Å²) in [6, 6.07) is 0. The van der Waals surface area contributed by atoms with E-state index in [1.165, 1.54) is 57.6 Å². The van der Waals surface area contributed by atoms with Crippen molar-refractivity contribution in [2.45, 2.75) is 167 Å². The predicted octanol–water partition coefficient (Wildman–Crippen LogP) is 10.4. The summed E-state index contributed by atoms with van der Waals surface area (Å²) in [4.78, 5) is 24.9. The van der Waals surface area contributed by atoms with Crippen molar-refractivity contribution < 1.29 is 47.5 Å². The Labute approximate surface area is 348 Å². The van der Waals surface area contributed by atoms with Crippen molar-refractivity contribution in [1.29, 1.82) is 0 Å². The molecule has 0 radical (unpaired) electrons. The Balaban J connectivity index is 4.57. The number of carbonyl (C=O) groups excluding carboxylic acids is 1. The SMILES string of the molecule is CC/C=C\C/C=C\C/C=C\C/C=C\C[C@H](O)[C@@H](O)CCCC(=O)OC[C@H](COP(=O)([O-])OCC[N+](C)(C)C)O/C=C/CCCCCC/C=C\CCCCCCCC. The molecule has 0 spiro atoms. The van der Waals surface area contributed by atoms with E-state index in [2.05, 4.69) is 62.5 Å². The molecule has 11 heteroatoms. The van der Waals surface area contributed by atoms with Gasteiger partial charge in [-0.2, -0.15) is 0 Å². The number of aliphatic hydroxyl groups is 2. The number of unbranched alkanes of at least 4 members (excludes halogenated alkanes) is 11. The highest BCUT2D eigenvalue weighted by Crippen LogP contribution is 2.38. The van der Waals surface area contributed by atoms with Crippen molar-refractivity contribution in [3.05, 3.63) is 73.1 Å². The van der Waals surface area contributed by atoms with Gasteiger partial charge in [-0.15, -0.1) is 0 Å². The molecule has 0 amide bonds. The van der Waals surface area contributed by atoms with Gasteiger partial charge in [0, 0.05) is 6.42 Å². The molecule has 0 heterocycles. The van der Waals surface area contributed by atoms with Crippen molar-refractivity contribution in [3.63, 3.8) is 0 Å². The van der Waals surface area contributed by atoms with E-state index in [0.29, 0.717) is 23.9 Å². The van der Waals surface area contributed by atoms with E-state index >= 15 is 0 Å². The van der Waals surface area contributed by atoms with Crippen LogP contribution in [0.1, 0.15) is 149 Å². The number of quaternary nitrogens is 1. The van der Waals surface area contributed by atoms with Crippen LogP contribution < -0.4 is 4.89 Å². The maximum absolute atomic E-state index is 12.5. The Morgan fingerprint density at radius 3 is 1.79 bits per heavy atom. The van der Waals surface area contributed by atoms with Crippen LogP contribution in [0.5, 0.6) is 0 Å². The number of allylic oxidation sites excluding steroid dienone is 10. The minimum absolute atomic E-state index is 0.0236. The maximum Gasteiger partial charge on any atom is 0.305 e. The summed E-state index contributed by atoms with van der Waals surface area (Å²) < 4.78 is 34.1. The second kappa shape index (κ2) is 37.9. The number of phosphoric ester groups is 1. The van der Waals surface area contributed by atoms with Crippen molar-refractivity contribution in [1.82, 2.24) is 0 Å². The first kappa shape index (κ1) is 54.7. The van der Waals surface area contributed by atoms with E-state index in [0.717, 1.165) is 57.8 Å². The average Bonchev–Trinajstić information content (AvgIpc) is 3.16. The van der Waals surface area contributed by atoms with Gasteiger partial charge in [0.05, 0.1) is 46.2 Å². The Bertz CT molecular complexity index is 1170. The van der Waals surface area contributed by atoms with Gasteiger partial charge in [0.25, 0.3) is 7.82 Å². The van der Waals surface area contributed by atoms with Crippen LogP contribution in [-0.2, 0) is 27.9 Å². The van der Waals surface area contributed by atoms with Crippen LogP contribution in [0.25, 0.3) is 0 Å². The lowest BCUT2D eigenvalue weighted by molar-refractivity contribution is -0.870. The second-order valence-electron chi connectivity index (χ2n) is 15.7. The summed E-state index contributed by atoms with van der Waals surface area (Å²) >= 11 is 0. The number of nitrogens with zero attached hydrogens (tertiary/aromatic N) is 1. The lowest BCUT2D eigenvalue weighted by Crippen LogP contribution is -2.37. The highest BCUT2D eigenvalue weighted by molar-refractivity contribution is 7.45. The lowest BCUT2D eigenvalue weighted by atomic mass is 10.0. The molecule has 0 fully saturated rings. The molecule has 330 valence electrons. The fraction of sp³-hybridized carbons (Fsp3) is 0.717. The Hall–Kier alpha value is -2.30. The lowest BCUT2D eigenvalue weighted by Gasteiger charge is -2.28. The number of aliphatic hydroxyl groups excluding tert-OH is 2. The molecule has 0 saturated heterocycles. The van der Waals surface area contributed by atoms with E-state index < -0.39 is 32.1 Å². The summed E-state index contributed by atoms with van der Waals surface area (Å²) in [6.45, 7) is 4.22. The fourth-order valence-corrected chi connectivity index (χ4v) is 6.16. The Morgan fingerprint density at radius 1 is 0.667 bits per heavy atom. The summed E-state index contributed by atoms with van der Waals surface area (Å²) in [5.41, 5.74) is 0. The summed E-state index contributed by atoms with van der Waals surface area (Å²) in [5, 5.41) is 20.7. The summed E-state index contributed by atoms with van der Waals surface area (Å²) in [5.74, 6) is -0.519. The van der Waals surface area contributed by atoms with Gasteiger partial charge in [0.15, 0.2) is 6.10 Å². The predicted molar refractivity (Wildman–Crippen MR) is 233 cm³/mol. The van der Waals surface area contributed by atoms with Crippen LogP contribution in [-0.4, -0.2) is 86.5 Å². The average molecular weight is 824 g/mol. The molecule has 0 aromatic carbocycles. The smallest absolute Gasteiger partial charge is 0.305 e. The molecule has 10 nitrogen and oxygen atoms in total. The highest BCUT2D eigenvalue weighted by Gasteiger charge is 2.20. The van der Waals surface area contributed by atoms with Gasteiger partial charge < -0.3 is 38.1 Å². The van der Waals surface area contributed by atoms with Crippen molar-refractivity contribution in [3.8, 4) is 0 Å². The molecule has 2 N–H and O–H groups in total. The van der Waals surface area contributed by atoms with E-state index in [4.69, 9.17) is 18.5 Å². The van der Waals surface area contributed by atoms with Gasteiger partial charge in [0.1, 0.15) is 19.8 Å². The van der Waals surface area contributed by atoms with Crippen molar-refractivity contribution >= 4 is 13.8 Å². The molecular formula is C46H82NO9P. The molecule has 0 saturated carbocycles. The minimum Gasteiger partial charge on any atom is -0.756 e. The van der Waals surface area contributed by atoms with E-state index in [-0.39, 0.29) is 32.7 Å². The molecule has 1 unspecified atom stereocenters. The van der Waals surface area contributed by atoms with E-state index in [1.54, 1.807) is 0 Å². The van der Waals surface area contributed by atoms with Gasteiger partial charge in [-0.1, -0.05) is 120 Å². The zero-order chi connectivity index (χ0) is 42.3. The molecule has 0 aromatic rings. The first-order valence-corrected chi connectivity index (χ1v) is 23.3. The van der Waals surface area contributed by atoms with Crippen LogP contribution in [0, 0.1) is 0 Å². The Kier molecular flexibility index (Phi) is 36.4. The molecule has 0 bridgehead atoms. The van der Waals surface area contributed by atoms with Gasteiger partial charge in [-0.3, -0.25) is 9.36 Å².